The quantitative estimate of drug-likeness (QED) is 0.339. The lowest BCUT2D eigenvalue weighted by molar-refractivity contribution is -0.137. The third kappa shape index (κ3) is 4.03. The van der Waals surface area contributed by atoms with Gasteiger partial charge in [0.15, 0.2) is 22.9 Å². The average molecular weight is 484 g/mol. The molecule has 3 aliphatic rings. The lowest BCUT2D eigenvalue weighted by Crippen LogP contribution is -2.28. The predicted molar refractivity (Wildman–Crippen MR) is 116 cm³/mol. The SMILES string of the molecule is Cn1c(SCCCN2CC3CC3(c3ccc(C(F)(F)F)cc3F)C2)nnc1C1(C)COC=N1. The van der Waals surface area contributed by atoms with Gasteiger partial charge in [0.05, 0.1) is 5.56 Å². The first-order valence-corrected chi connectivity index (χ1v) is 11.9. The zero-order valence-electron chi connectivity index (χ0n) is 18.4. The molecule has 11 heteroatoms. The summed E-state index contributed by atoms with van der Waals surface area (Å²) in [4.78, 5) is 6.65. The molecule has 3 heterocycles. The second-order valence-electron chi connectivity index (χ2n) is 9.37. The number of hydrogen-bond acceptors (Lipinski definition) is 6. The van der Waals surface area contributed by atoms with Crippen LogP contribution >= 0.6 is 11.8 Å². The zero-order valence-corrected chi connectivity index (χ0v) is 19.2. The maximum absolute atomic E-state index is 14.6. The van der Waals surface area contributed by atoms with Gasteiger partial charge in [0.25, 0.3) is 0 Å². The van der Waals surface area contributed by atoms with E-state index in [1.54, 1.807) is 11.8 Å². The molecule has 2 fully saturated rings. The Bertz CT molecular complexity index is 1090. The Kier molecular flexibility index (Phi) is 5.47. The van der Waals surface area contributed by atoms with Crippen LogP contribution in [-0.4, -0.2) is 58.1 Å². The predicted octanol–water partition coefficient (Wildman–Crippen LogP) is 4.00. The number of hydrogen-bond donors (Lipinski definition) is 0. The van der Waals surface area contributed by atoms with Gasteiger partial charge in [0.1, 0.15) is 12.4 Å². The molecule has 6 nitrogen and oxygen atoms in total. The van der Waals surface area contributed by atoms with Crippen molar-refractivity contribution in [3.8, 4) is 0 Å². The molecule has 3 atom stereocenters. The van der Waals surface area contributed by atoms with Crippen molar-refractivity contribution in [2.45, 2.75) is 42.1 Å². The monoisotopic (exact) mass is 483 g/mol. The van der Waals surface area contributed by atoms with Crippen LogP contribution in [0.4, 0.5) is 17.6 Å². The van der Waals surface area contributed by atoms with E-state index in [0.29, 0.717) is 30.7 Å². The summed E-state index contributed by atoms with van der Waals surface area (Å²) in [6, 6.07) is 2.97. The van der Waals surface area contributed by atoms with Crippen LogP contribution in [0.15, 0.2) is 28.3 Å². The van der Waals surface area contributed by atoms with Crippen LogP contribution in [0.25, 0.3) is 0 Å². The highest BCUT2D eigenvalue weighted by Gasteiger charge is 2.61. The van der Waals surface area contributed by atoms with Gasteiger partial charge >= 0.3 is 6.18 Å². The fourth-order valence-corrected chi connectivity index (χ4v) is 5.98. The van der Waals surface area contributed by atoms with E-state index in [-0.39, 0.29) is 5.41 Å². The van der Waals surface area contributed by atoms with Crippen LogP contribution < -0.4 is 0 Å². The third-order valence-electron chi connectivity index (χ3n) is 6.99. The summed E-state index contributed by atoms with van der Waals surface area (Å²) in [5.74, 6) is 1.19. The highest BCUT2D eigenvalue weighted by molar-refractivity contribution is 7.99. The number of nitrogens with zero attached hydrogens (tertiary/aromatic N) is 5. The number of likely N-dealkylation sites (tertiary alicyclic amines) is 1. The van der Waals surface area contributed by atoms with Crippen LogP contribution in [-0.2, 0) is 28.9 Å². The molecule has 3 unspecified atom stereocenters. The van der Waals surface area contributed by atoms with Crippen molar-refractivity contribution >= 4 is 18.2 Å². The molecule has 1 aromatic heterocycles. The van der Waals surface area contributed by atoms with Gasteiger partial charge in [-0.3, -0.25) is 0 Å². The standard InChI is InChI=1S/C22H25F4N5OS/c1-20(12-32-13-27-20)18-28-29-19(30(18)2)33-7-3-6-31-10-15-9-21(15,11-31)16-5-4-14(8-17(16)23)22(24,25)26/h4-5,8,13,15H,3,6-7,9-12H2,1-2H3. The maximum Gasteiger partial charge on any atom is 0.416 e. The topological polar surface area (TPSA) is 55.5 Å². The smallest absolute Gasteiger partial charge is 0.416 e. The molecule has 178 valence electrons. The number of aliphatic imine (C=N–C) groups is 1. The molecule has 5 rings (SSSR count). The number of piperidine rings is 1. The minimum atomic E-state index is -4.53. The van der Waals surface area contributed by atoms with Crippen LogP contribution in [0.1, 0.15) is 36.7 Å². The Morgan fingerprint density at radius 3 is 2.79 bits per heavy atom. The first-order valence-electron chi connectivity index (χ1n) is 10.9. The Balaban J connectivity index is 1.14. The van der Waals surface area contributed by atoms with E-state index in [4.69, 9.17) is 4.74 Å². The molecular weight excluding hydrogens is 458 g/mol. The molecule has 1 aliphatic carbocycles. The molecule has 0 radical (unpaired) electrons. The van der Waals surface area contributed by atoms with Crippen molar-refractivity contribution in [2.24, 2.45) is 18.0 Å². The summed E-state index contributed by atoms with van der Waals surface area (Å²) in [7, 11) is 1.92. The summed E-state index contributed by atoms with van der Waals surface area (Å²) in [5.41, 5.74) is -1.36. The normalized spacial score (nSPS) is 28.8. The lowest BCUT2D eigenvalue weighted by atomic mass is 9.93. The number of ether oxygens (including phenoxy) is 1. The van der Waals surface area contributed by atoms with Crippen LogP contribution in [0.5, 0.6) is 0 Å². The van der Waals surface area contributed by atoms with Crippen LogP contribution in [0.2, 0.25) is 0 Å². The fraction of sp³-hybridized carbons (Fsp3) is 0.591. The van der Waals surface area contributed by atoms with E-state index in [0.717, 1.165) is 48.7 Å². The summed E-state index contributed by atoms with van der Waals surface area (Å²) in [6.07, 6.45) is -1.32. The number of fused-ring (bicyclic) bond motifs is 1. The molecule has 0 N–H and O–H groups in total. The average Bonchev–Trinajstić information content (AvgIpc) is 3.08. The van der Waals surface area contributed by atoms with Crippen molar-refractivity contribution in [3.63, 3.8) is 0 Å². The summed E-state index contributed by atoms with van der Waals surface area (Å²) < 4.78 is 60.4. The van der Waals surface area contributed by atoms with E-state index < -0.39 is 23.1 Å². The number of rotatable bonds is 7. The highest BCUT2D eigenvalue weighted by Crippen LogP contribution is 2.59. The van der Waals surface area contributed by atoms with E-state index in [9.17, 15) is 17.6 Å². The Morgan fingerprint density at radius 2 is 2.09 bits per heavy atom. The number of benzene rings is 1. The van der Waals surface area contributed by atoms with Crippen LogP contribution in [0, 0.1) is 11.7 Å². The van der Waals surface area contributed by atoms with Crippen molar-refractivity contribution in [1.82, 2.24) is 19.7 Å². The van der Waals surface area contributed by atoms with Crippen molar-refractivity contribution in [1.29, 1.82) is 0 Å². The van der Waals surface area contributed by atoms with Crippen molar-refractivity contribution in [2.75, 3.05) is 32.0 Å². The van der Waals surface area contributed by atoms with Gasteiger partial charge in [-0.1, -0.05) is 17.8 Å². The molecule has 2 aromatic rings. The summed E-state index contributed by atoms with van der Waals surface area (Å²) in [6.45, 7) is 4.81. The molecule has 0 bridgehead atoms. The molecular formula is C22H25F4N5OS. The number of thioether (sulfide) groups is 1. The van der Waals surface area contributed by atoms with E-state index >= 15 is 0 Å². The lowest BCUT2D eigenvalue weighted by Gasteiger charge is -2.21. The fourth-order valence-electron chi connectivity index (χ4n) is 5.14. The van der Waals surface area contributed by atoms with Gasteiger partial charge in [0.2, 0.25) is 0 Å². The maximum atomic E-state index is 14.6. The first kappa shape index (κ1) is 22.6. The summed E-state index contributed by atoms with van der Waals surface area (Å²) in [5, 5.41) is 9.41. The zero-order chi connectivity index (χ0) is 23.4. The number of halogens is 4. The van der Waals surface area contributed by atoms with Gasteiger partial charge < -0.3 is 14.2 Å². The molecule has 2 aliphatic heterocycles. The van der Waals surface area contributed by atoms with E-state index in [1.165, 1.54) is 12.5 Å². The molecule has 0 amide bonds. The van der Waals surface area contributed by atoms with E-state index in [2.05, 4.69) is 20.1 Å². The van der Waals surface area contributed by atoms with Gasteiger partial charge in [0, 0.05) is 31.3 Å². The van der Waals surface area contributed by atoms with E-state index in [1.807, 2.05) is 18.5 Å². The van der Waals surface area contributed by atoms with Gasteiger partial charge in [-0.15, -0.1) is 10.2 Å². The second kappa shape index (κ2) is 7.97. The number of aromatic nitrogens is 3. The molecule has 0 spiro atoms. The Morgan fingerprint density at radius 1 is 1.27 bits per heavy atom. The summed E-state index contributed by atoms with van der Waals surface area (Å²) >= 11 is 1.63. The van der Waals surface area contributed by atoms with Crippen molar-refractivity contribution < 1.29 is 22.3 Å². The molecule has 33 heavy (non-hydrogen) atoms. The third-order valence-corrected chi connectivity index (χ3v) is 8.10. The highest BCUT2D eigenvalue weighted by atomic mass is 32.2. The minimum Gasteiger partial charge on any atom is -0.480 e. The second-order valence-corrected chi connectivity index (χ2v) is 10.4. The van der Waals surface area contributed by atoms with Gasteiger partial charge in [-0.05, 0) is 49.9 Å². The largest absolute Gasteiger partial charge is 0.480 e. The minimum absolute atomic E-state index is 0.313. The van der Waals surface area contributed by atoms with Gasteiger partial charge in [-0.25, -0.2) is 9.38 Å². The Labute approximate surface area is 193 Å². The molecule has 1 aromatic carbocycles. The van der Waals surface area contributed by atoms with Gasteiger partial charge in [-0.2, -0.15) is 13.2 Å². The van der Waals surface area contributed by atoms with Crippen molar-refractivity contribution in [3.05, 3.63) is 41.0 Å². The molecule has 1 saturated heterocycles. The Hall–Kier alpha value is -2.14. The first-order chi connectivity index (χ1) is 15.6. The number of alkyl halides is 3. The molecule has 1 saturated carbocycles. The van der Waals surface area contributed by atoms with Crippen LogP contribution in [0.3, 0.4) is 0 Å².